The lowest BCUT2D eigenvalue weighted by Gasteiger charge is -2.32. The number of carbonyl (C=O) groups excluding carboxylic acids is 1. The van der Waals surface area contributed by atoms with E-state index in [1.165, 1.54) is 11.1 Å². The molecule has 1 unspecified atom stereocenters. The summed E-state index contributed by atoms with van der Waals surface area (Å²) in [4.78, 5) is 17.5. The van der Waals surface area contributed by atoms with Crippen molar-refractivity contribution in [2.45, 2.75) is 24.0 Å². The first-order valence-electron chi connectivity index (χ1n) is 6.80. The molecule has 1 amide bonds. The number of hydrogen-bond acceptors (Lipinski definition) is 5. The molecule has 0 saturated carbocycles. The van der Waals surface area contributed by atoms with Crippen LogP contribution in [0, 0.1) is 5.92 Å². The summed E-state index contributed by atoms with van der Waals surface area (Å²) >= 11 is 0.957. The first kappa shape index (κ1) is 17.0. The first-order valence-corrected chi connectivity index (χ1v) is 7.68. The summed E-state index contributed by atoms with van der Waals surface area (Å²) in [6.07, 6.45) is -1.56. The van der Waals surface area contributed by atoms with Crippen LogP contribution >= 0.6 is 11.9 Å². The molecule has 1 aromatic rings. The molecule has 122 valence electrons. The van der Waals surface area contributed by atoms with Gasteiger partial charge in [-0.05, 0) is 43.5 Å². The number of likely N-dealkylation sites (tertiary alicyclic amines) is 1. The van der Waals surface area contributed by atoms with Crippen molar-refractivity contribution in [1.82, 2.24) is 9.88 Å². The number of halogens is 3. The number of hydrogen-bond donors (Lipinski definition) is 2. The number of anilines is 1. The van der Waals surface area contributed by atoms with E-state index in [9.17, 15) is 18.0 Å². The highest BCUT2D eigenvalue weighted by Crippen LogP contribution is 2.23. The summed E-state index contributed by atoms with van der Waals surface area (Å²) in [5.41, 5.74) is 0.542. The molecule has 0 radical (unpaired) electrons. The predicted octanol–water partition coefficient (Wildman–Crippen LogP) is 2.26. The highest BCUT2D eigenvalue weighted by atomic mass is 32.2. The summed E-state index contributed by atoms with van der Waals surface area (Å²) in [7, 11) is 0. The smallest absolute Gasteiger partial charge is 0.326 e. The largest absolute Gasteiger partial charge is 0.401 e. The summed E-state index contributed by atoms with van der Waals surface area (Å²) in [5.74, 6) is -0.718. The molecule has 3 N–H and O–H groups in total. The molecule has 5 nitrogen and oxygen atoms in total. The van der Waals surface area contributed by atoms with Crippen molar-refractivity contribution in [2.75, 3.05) is 25.0 Å². The van der Waals surface area contributed by atoms with Crippen LogP contribution in [0.5, 0.6) is 0 Å². The first-order chi connectivity index (χ1) is 10.4. The molecule has 2 heterocycles. The lowest BCUT2D eigenvalue weighted by Crippen LogP contribution is -2.44. The number of alkyl halides is 3. The fourth-order valence-electron chi connectivity index (χ4n) is 2.46. The number of nitrogens with one attached hydrogen (secondary N) is 1. The summed E-state index contributed by atoms with van der Waals surface area (Å²) in [5, 5.41) is 8.67. The lowest BCUT2D eigenvalue weighted by molar-refractivity contribution is -0.151. The van der Waals surface area contributed by atoms with E-state index in [-0.39, 0.29) is 12.5 Å². The van der Waals surface area contributed by atoms with E-state index >= 15 is 0 Å². The van der Waals surface area contributed by atoms with Gasteiger partial charge in [0.1, 0.15) is 5.03 Å². The summed E-state index contributed by atoms with van der Waals surface area (Å²) in [6, 6.07) is 3.24. The highest BCUT2D eigenvalue weighted by molar-refractivity contribution is 7.97. The van der Waals surface area contributed by atoms with E-state index in [2.05, 4.69) is 10.3 Å². The van der Waals surface area contributed by atoms with Gasteiger partial charge in [0.25, 0.3) is 0 Å². The maximum absolute atomic E-state index is 12.4. The third kappa shape index (κ3) is 5.15. The van der Waals surface area contributed by atoms with Crippen molar-refractivity contribution in [3.63, 3.8) is 0 Å². The van der Waals surface area contributed by atoms with Gasteiger partial charge in [0.15, 0.2) is 0 Å². The second kappa shape index (κ2) is 7.30. The molecule has 0 spiro atoms. The molecule has 1 aliphatic rings. The SMILES string of the molecule is NSc1cc(NC(=O)C2CCCN(CC(F)(F)F)C2)ccn1. The fourth-order valence-corrected chi connectivity index (χ4v) is 2.78. The van der Waals surface area contributed by atoms with Gasteiger partial charge in [0.05, 0.1) is 12.5 Å². The minimum atomic E-state index is -4.24. The number of amides is 1. The number of piperidine rings is 1. The molecule has 1 fully saturated rings. The molecule has 0 aliphatic carbocycles. The summed E-state index contributed by atoms with van der Waals surface area (Å²) in [6.45, 7) is -0.485. The van der Waals surface area contributed by atoms with Gasteiger partial charge in [-0.15, -0.1) is 0 Å². The molecule has 0 aromatic carbocycles. The average Bonchev–Trinajstić information content (AvgIpc) is 2.46. The van der Waals surface area contributed by atoms with Crippen LogP contribution in [-0.4, -0.2) is 41.6 Å². The van der Waals surface area contributed by atoms with E-state index in [1.807, 2.05) is 0 Å². The second-order valence-electron chi connectivity index (χ2n) is 5.18. The standard InChI is InChI=1S/C13H17F3N4OS/c14-13(15,16)8-20-5-1-2-9(7-20)12(21)19-10-3-4-18-11(6-10)22-17/h3-4,6,9H,1-2,5,7-8,17H2,(H,18,19,21). The monoisotopic (exact) mass is 334 g/mol. The minimum absolute atomic E-state index is 0.120. The van der Waals surface area contributed by atoms with Crippen LogP contribution in [0.2, 0.25) is 0 Å². The second-order valence-corrected chi connectivity index (χ2v) is 5.83. The Morgan fingerprint density at radius 1 is 1.55 bits per heavy atom. The predicted molar refractivity (Wildman–Crippen MR) is 78.1 cm³/mol. The normalized spacial score (nSPS) is 19.9. The molecule has 9 heteroatoms. The van der Waals surface area contributed by atoms with E-state index < -0.39 is 18.6 Å². The van der Waals surface area contributed by atoms with Gasteiger partial charge in [-0.3, -0.25) is 14.8 Å². The molecule has 1 atom stereocenters. The molecular weight excluding hydrogens is 317 g/mol. The number of nitrogens with two attached hydrogens (primary N) is 1. The fraction of sp³-hybridized carbons (Fsp3) is 0.538. The van der Waals surface area contributed by atoms with Gasteiger partial charge in [-0.25, -0.2) is 4.98 Å². The lowest BCUT2D eigenvalue weighted by atomic mass is 9.97. The number of pyridine rings is 1. The van der Waals surface area contributed by atoms with Crippen LogP contribution in [0.4, 0.5) is 18.9 Å². The van der Waals surface area contributed by atoms with E-state index in [1.54, 1.807) is 12.1 Å². The van der Waals surface area contributed by atoms with Crippen LogP contribution in [-0.2, 0) is 4.79 Å². The summed E-state index contributed by atoms with van der Waals surface area (Å²) < 4.78 is 37.3. The zero-order chi connectivity index (χ0) is 16.2. The van der Waals surface area contributed by atoms with Gasteiger partial charge in [-0.2, -0.15) is 13.2 Å². The van der Waals surface area contributed by atoms with Crippen LogP contribution in [0.1, 0.15) is 12.8 Å². The van der Waals surface area contributed by atoms with Crippen LogP contribution in [0.25, 0.3) is 0 Å². The van der Waals surface area contributed by atoms with Gasteiger partial charge in [0.2, 0.25) is 5.91 Å². The molecular formula is C13H17F3N4OS. The van der Waals surface area contributed by atoms with Crippen molar-refractivity contribution in [3.8, 4) is 0 Å². The maximum atomic E-state index is 12.4. The van der Waals surface area contributed by atoms with Gasteiger partial charge < -0.3 is 5.32 Å². The number of nitrogens with zero attached hydrogens (tertiary/aromatic N) is 2. The third-order valence-corrected chi connectivity index (χ3v) is 3.87. The maximum Gasteiger partial charge on any atom is 0.401 e. The number of carbonyl (C=O) groups is 1. The van der Waals surface area contributed by atoms with Crippen molar-refractivity contribution >= 4 is 23.5 Å². The zero-order valence-corrected chi connectivity index (χ0v) is 12.6. The Balaban J connectivity index is 1.94. The molecule has 2 rings (SSSR count). The van der Waals surface area contributed by atoms with Gasteiger partial charge in [-0.1, -0.05) is 0 Å². The molecule has 0 bridgehead atoms. The minimum Gasteiger partial charge on any atom is -0.326 e. The Morgan fingerprint density at radius 3 is 3.00 bits per heavy atom. The van der Waals surface area contributed by atoms with Crippen LogP contribution < -0.4 is 10.5 Å². The van der Waals surface area contributed by atoms with Crippen molar-refractivity contribution in [2.24, 2.45) is 11.1 Å². The third-order valence-electron chi connectivity index (χ3n) is 3.40. The van der Waals surface area contributed by atoms with Crippen molar-refractivity contribution in [1.29, 1.82) is 0 Å². The van der Waals surface area contributed by atoms with E-state index in [0.29, 0.717) is 30.1 Å². The van der Waals surface area contributed by atoms with Crippen molar-refractivity contribution in [3.05, 3.63) is 18.3 Å². The zero-order valence-electron chi connectivity index (χ0n) is 11.8. The Kier molecular flexibility index (Phi) is 5.65. The number of aromatic nitrogens is 1. The molecule has 1 aliphatic heterocycles. The quantitative estimate of drug-likeness (QED) is 0.827. The molecule has 1 aromatic heterocycles. The molecule has 22 heavy (non-hydrogen) atoms. The topological polar surface area (TPSA) is 71.2 Å². The highest BCUT2D eigenvalue weighted by Gasteiger charge is 2.34. The Hall–Kier alpha value is -1.32. The average molecular weight is 334 g/mol. The number of rotatable bonds is 4. The molecule has 1 saturated heterocycles. The van der Waals surface area contributed by atoms with E-state index in [4.69, 9.17) is 5.14 Å². The van der Waals surface area contributed by atoms with Crippen LogP contribution in [0.3, 0.4) is 0 Å². The Bertz CT molecular complexity index is 526. The Morgan fingerprint density at radius 2 is 2.32 bits per heavy atom. The van der Waals surface area contributed by atoms with Gasteiger partial charge >= 0.3 is 6.18 Å². The van der Waals surface area contributed by atoms with Crippen molar-refractivity contribution < 1.29 is 18.0 Å². The van der Waals surface area contributed by atoms with Gasteiger partial charge in [0, 0.05) is 18.4 Å². The van der Waals surface area contributed by atoms with E-state index in [0.717, 1.165) is 11.9 Å². The Labute approximate surface area is 130 Å². The van der Waals surface area contributed by atoms with Crippen LogP contribution in [0.15, 0.2) is 23.4 Å².